The Bertz CT molecular complexity index is 546. The maximum Gasteiger partial charge on any atom is 0.135 e. The number of benzene rings is 2. The van der Waals surface area contributed by atoms with Crippen LogP contribution >= 0.6 is 0 Å². The molecule has 1 heterocycles. The number of hydrogen-bond donors (Lipinski definition) is 0. The van der Waals surface area contributed by atoms with E-state index in [1.54, 1.807) is 0 Å². The fraction of sp³-hybridized carbons (Fsp3) is 0.125. The van der Waals surface area contributed by atoms with Crippen molar-refractivity contribution in [2.75, 3.05) is 0 Å². The Morgan fingerprint density at radius 1 is 0.765 bits per heavy atom. The van der Waals surface area contributed by atoms with E-state index in [2.05, 4.69) is 24.3 Å². The summed E-state index contributed by atoms with van der Waals surface area (Å²) >= 11 is 0. The molecular formula is C16H16O. The van der Waals surface area contributed by atoms with Crippen molar-refractivity contribution in [2.45, 2.75) is 13.8 Å². The Morgan fingerprint density at radius 3 is 2.12 bits per heavy atom. The molecule has 86 valence electrons. The van der Waals surface area contributed by atoms with E-state index in [0.717, 1.165) is 22.3 Å². The molecule has 0 saturated heterocycles. The van der Waals surface area contributed by atoms with Crippen LogP contribution in [-0.2, 0) is 0 Å². The summed E-state index contributed by atoms with van der Waals surface area (Å²) in [5.74, 6) is 0.928. The number of rotatable bonds is 1. The van der Waals surface area contributed by atoms with Crippen LogP contribution in [0.1, 0.15) is 13.8 Å². The van der Waals surface area contributed by atoms with Gasteiger partial charge in [0.05, 0.1) is 0 Å². The SMILES string of the molecule is CC.c1ccc(-c2cc3ccccc3o2)cc1. The smallest absolute Gasteiger partial charge is 0.135 e. The highest BCUT2D eigenvalue weighted by molar-refractivity contribution is 5.82. The van der Waals surface area contributed by atoms with E-state index in [4.69, 9.17) is 4.42 Å². The zero-order chi connectivity index (χ0) is 12.1. The van der Waals surface area contributed by atoms with E-state index in [9.17, 15) is 0 Å². The lowest BCUT2D eigenvalue weighted by Gasteiger charge is -1.93. The molecule has 0 bridgehead atoms. The molecule has 3 aromatic rings. The molecule has 0 aliphatic heterocycles. The van der Waals surface area contributed by atoms with Gasteiger partial charge in [0.2, 0.25) is 0 Å². The minimum atomic E-state index is 0.928. The molecule has 0 fully saturated rings. The number of furan rings is 1. The third-order valence-electron chi connectivity index (χ3n) is 2.48. The van der Waals surface area contributed by atoms with Gasteiger partial charge in [0, 0.05) is 10.9 Å². The first kappa shape index (κ1) is 11.5. The molecule has 0 amide bonds. The summed E-state index contributed by atoms with van der Waals surface area (Å²) in [6, 6.07) is 20.3. The summed E-state index contributed by atoms with van der Waals surface area (Å²) in [6.45, 7) is 4.00. The van der Waals surface area contributed by atoms with Gasteiger partial charge in [-0.2, -0.15) is 0 Å². The van der Waals surface area contributed by atoms with Gasteiger partial charge < -0.3 is 4.42 Å². The van der Waals surface area contributed by atoms with E-state index in [1.807, 2.05) is 50.2 Å². The zero-order valence-corrected chi connectivity index (χ0v) is 10.2. The molecule has 0 atom stereocenters. The molecular weight excluding hydrogens is 208 g/mol. The van der Waals surface area contributed by atoms with Crippen LogP contribution < -0.4 is 0 Å². The van der Waals surface area contributed by atoms with Crippen molar-refractivity contribution in [3.63, 3.8) is 0 Å². The van der Waals surface area contributed by atoms with Gasteiger partial charge >= 0.3 is 0 Å². The quantitative estimate of drug-likeness (QED) is 0.558. The minimum Gasteiger partial charge on any atom is -0.456 e. The lowest BCUT2D eigenvalue weighted by atomic mass is 10.1. The van der Waals surface area contributed by atoms with Gasteiger partial charge in [-0.05, 0) is 12.1 Å². The van der Waals surface area contributed by atoms with E-state index in [-0.39, 0.29) is 0 Å². The summed E-state index contributed by atoms with van der Waals surface area (Å²) < 4.78 is 5.75. The van der Waals surface area contributed by atoms with Gasteiger partial charge in [0.15, 0.2) is 0 Å². The van der Waals surface area contributed by atoms with Crippen LogP contribution in [0, 0.1) is 0 Å². The fourth-order valence-electron chi connectivity index (χ4n) is 1.73. The second-order valence-corrected chi connectivity index (χ2v) is 3.51. The second-order valence-electron chi connectivity index (χ2n) is 3.51. The van der Waals surface area contributed by atoms with Gasteiger partial charge in [-0.25, -0.2) is 0 Å². The molecule has 0 N–H and O–H groups in total. The van der Waals surface area contributed by atoms with Crippen LogP contribution in [0.4, 0.5) is 0 Å². The monoisotopic (exact) mass is 224 g/mol. The van der Waals surface area contributed by atoms with Gasteiger partial charge in [-0.1, -0.05) is 62.4 Å². The Morgan fingerprint density at radius 2 is 1.41 bits per heavy atom. The van der Waals surface area contributed by atoms with Crippen molar-refractivity contribution in [3.8, 4) is 11.3 Å². The second kappa shape index (κ2) is 5.35. The molecule has 17 heavy (non-hydrogen) atoms. The topological polar surface area (TPSA) is 13.1 Å². The summed E-state index contributed by atoms with van der Waals surface area (Å²) in [4.78, 5) is 0. The van der Waals surface area contributed by atoms with Gasteiger partial charge in [0.25, 0.3) is 0 Å². The highest BCUT2D eigenvalue weighted by Gasteiger charge is 2.03. The largest absolute Gasteiger partial charge is 0.456 e. The van der Waals surface area contributed by atoms with Crippen LogP contribution in [0.3, 0.4) is 0 Å². The average Bonchev–Trinajstić information content (AvgIpc) is 2.86. The molecule has 2 aromatic carbocycles. The van der Waals surface area contributed by atoms with Gasteiger partial charge in [-0.3, -0.25) is 0 Å². The first-order valence-electron chi connectivity index (χ1n) is 5.97. The minimum absolute atomic E-state index is 0.928. The number of hydrogen-bond acceptors (Lipinski definition) is 1. The predicted octanol–water partition coefficient (Wildman–Crippen LogP) is 5.13. The molecule has 1 heteroatoms. The van der Waals surface area contributed by atoms with Gasteiger partial charge in [-0.15, -0.1) is 0 Å². The van der Waals surface area contributed by atoms with Crippen molar-refractivity contribution < 1.29 is 4.42 Å². The highest BCUT2D eigenvalue weighted by Crippen LogP contribution is 2.27. The van der Waals surface area contributed by atoms with E-state index < -0.39 is 0 Å². The normalized spacial score (nSPS) is 9.76. The predicted molar refractivity (Wildman–Crippen MR) is 73.0 cm³/mol. The molecule has 0 aliphatic rings. The molecule has 0 unspecified atom stereocenters. The van der Waals surface area contributed by atoms with Crippen LogP contribution in [0.2, 0.25) is 0 Å². The molecule has 0 saturated carbocycles. The Balaban J connectivity index is 0.000000514. The van der Waals surface area contributed by atoms with E-state index in [0.29, 0.717) is 0 Å². The summed E-state index contributed by atoms with van der Waals surface area (Å²) in [5.41, 5.74) is 2.06. The Hall–Kier alpha value is -2.02. The van der Waals surface area contributed by atoms with Crippen molar-refractivity contribution in [1.29, 1.82) is 0 Å². The van der Waals surface area contributed by atoms with Crippen LogP contribution in [0.5, 0.6) is 0 Å². The molecule has 0 aliphatic carbocycles. The molecule has 1 nitrogen and oxygen atoms in total. The fourth-order valence-corrected chi connectivity index (χ4v) is 1.73. The van der Waals surface area contributed by atoms with Gasteiger partial charge in [0.1, 0.15) is 11.3 Å². The summed E-state index contributed by atoms with van der Waals surface area (Å²) in [5, 5.41) is 1.15. The lowest BCUT2D eigenvalue weighted by Crippen LogP contribution is -1.69. The Labute approximate surface area is 102 Å². The van der Waals surface area contributed by atoms with Crippen molar-refractivity contribution in [3.05, 3.63) is 60.7 Å². The Kier molecular flexibility index (Phi) is 3.61. The van der Waals surface area contributed by atoms with Crippen molar-refractivity contribution in [1.82, 2.24) is 0 Å². The maximum absolute atomic E-state index is 5.75. The maximum atomic E-state index is 5.75. The number of fused-ring (bicyclic) bond motifs is 1. The van der Waals surface area contributed by atoms with Crippen molar-refractivity contribution in [2.24, 2.45) is 0 Å². The summed E-state index contributed by atoms with van der Waals surface area (Å²) in [6.07, 6.45) is 0. The van der Waals surface area contributed by atoms with E-state index in [1.165, 1.54) is 0 Å². The molecule has 3 rings (SSSR count). The van der Waals surface area contributed by atoms with Crippen LogP contribution in [-0.4, -0.2) is 0 Å². The number of para-hydroxylation sites is 1. The third kappa shape index (κ3) is 2.39. The molecule has 0 radical (unpaired) electrons. The molecule has 1 aromatic heterocycles. The van der Waals surface area contributed by atoms with E-state index >= 15 is 0 Å². The van der Waals surface area contributed by atoms with Crippen LogP contribution in [0.15, 0.2) is 65.1 Å². The summed E-state index contributed by atoms with van der Waals surface area (Å²) in [7, 11) is 0. The zero-order valence-electron chi connectivity index (χ0n) is 10.2. The average molecular weight is 224 g/mol. The molecule has 0 spiro atoms. The van der Waals surface area contributed by atoms with Crippen molar-refractivity contribution >= 4 is 11.0 Å². The standard InChI is InChI=1S/C14H10O.C2H6/c1-2-6-11(7-3-1)14-10-12-8-4-5-9-13(12)15-14;1-2/h1-10H;1-2H3. The van der Waals surface area contributed by atoms with Crippen LogP contribution in [0.25, 0.3) is 22.3 Å². The first-order chi connectivity index (χ1) is 8.43. The third-order valence-corrected chi connectivity index (χ3v) is 2.48. The first-order valence-corrected chi connectivity index (χ1v) is 5.97. The lowest BCUT2D eigenvalue weighted by molar-refractivity contribution is 0.631. The highest BCUT2D eigenvalue weighted by atomic mass is 16.3.